The van der Waals surface area contributed by atoms with Crippen molar-refractivity contribution in [3.63, 3.8) is 0 Å². The number of rotatable bonds is 4. The summed E-state index contributed by atoms with van der Waals surface area (Å²) in [6.45, 7) is 7.72. The summed E-state index contributed by atoms with van der Waals surface area (Å²) in [5, 5.41) is 3.31. The van der Waals surface area contributed by atoms with E-state index >= 15 is 0 Å². The predicted octanol–water partition coefficient (Wildman–Crippen LogP) is 3.83. The lowest BCUT2D eigenvalue weighted by atomic mass is 10.1. The van der Waals surface area contributed by atoms with E-state index in [9.17, 15) is 13.6 Å². The molecule has 9 nitrogen and oxygen atoms in total. The van der Waals surface area contributed by atoms with Crippen molar-refractivity contribution in [2.45, 2.75) is 38.8 Å². The number of hydrogen-bond donors (Lipinski definition) is 1. The summed E-state index contributed by atoms with van der Waals surface area (Å²) in [5.74, 6) is 0.403. The van der Waals surface area contributed by atoms with Crippen LogP contribution in [0.15, 0.2) is 35.1 Å². The third-order valence-electron chi connectivity index (χ3n) is 5.69. The molecule has 0 spiro atoms. The highest BCUT2D eigenvalue weighted by molar-refractivity contribution is 6.15. The molecule has 1 saturated heterocycles. The van der Waals surface area contributed by atoms with Crippen LogP contribution in [0.25, 0.3) is 6.08 Å². The van der Waals surface area contributed by atoms with Crippen molar-refractivity contribution in [1.29, 1.82) is 0 Å². The standard InChI is InChI=1S/C24H26F2N6O3/c1-24(2,3)35-23(33)31-8-6-16(13-31)29-22-28-12-14-10-19(21-27-7-9-32(21)20(14)30-22)34-18-5-4-15(25)11-17(18)26/h4-5,10-12,16H,6-9,13H2,1-3H3,(H,28,29,30). The average Bonchev–Trinajstić information content (AvgIpc) is 3.45. The van der Waals surface area contributed by atoms with Gasteiger partial charge < -0.3 is 24.6 Å². The summed E-state index contributed by atoms with van der Waals surface area (Å²) >= 11 is 0. The Bertz CT molecular complexity index is 1230. The maximum Gasteiger partial charge on any atom is 0.410 e. The van der Waals surface area contributed by atoms with Gasteiger partial charge in [-0.3, -0.25) is 4.99 Å². The monoisotopic (exact) mass is 484 g/mol. The molecule has 3 aliphatic rings. The van der Waals surface area contributed by atoms with Gasteiger partial charge in [-0.1, -0.05) is 0 Å². The molecule has 1 aromatic carbocycles. The van der Waals surface area contributed by atoms with Crippen LogP contribution in [-0.4, -0.2) is 64.6 Å². The van der Waals surface area contributed by atoms with Gasteiger partial charge in [0.15, 0.2) is 23.2 Å². The molecular weight excluding hydrogens is 458 g/mol. The van der Waals surface area contributed by atoms with E-state index in [1.165, 1.54) is 6.07 Å². The van der Waals surface area contributed by atoms with Crippen molar-refractivity contribution in [2.24, 2.45) is 4.99 Å². The minimum absolute atomic E-state index is 0.00763. The Morgan fingerprint density at radius 3 is 2.83 bits per heavy atom. The van der Waals surface area contributed by atoms with Crippen molar-refractivity contribution in [2.75, 3.05) is 36.4 Å². The molecule has 1 amide bonds. The first-order chi connectivity index (χ1) is 16.7. The van der Waals surface area contributed by atoms with Gasteiger partial charge in [0.05, 0.1) is 6.54 Å². The number of nitrogens with zero attached hydrogens (tertiary/aromatic N) is 5. The summed E-state index contributed by atoms with van der Waals surface area (Å²) in [6.07, 6.45) is 3.77. The highest BCUT2D eigenvalue weighted by atomic mass is 19.1. The van der Waals surface area contributed by atoms with Crippen LogP contribution in [0.5, 0.6) is 5.75 Å². The van der Waals surface area contributed by atoms with Gasteiger partial charge in [-0.2, -0.15) is 4.98 Å². The van der Waals surface area contributed by atoms with E-state index in [-0.39, 0.29) is 17.9 Å². The quantitative estimate of drug-likeness (QED) is 0.705. The Kier molecular flexibility index (Phi) is 5.78. The molecule has 11 heteroatoms. The summed E-state index contributed by atoms with van der Waals surface area (Å²) in [7, 11) is 0. The minimum atomic E-state index is -0.797. The second kappa shape index (κ2) is 8.79. The van der Waals surface area contributed by atoms with Gasteiger partial charge in [-0.25, -0.2) is 18.6 Å². The van der Waals surface area contributed by atoms with E-state index in [1.807, 2.05) is 25.7 Å². The smallest absolute Gasteiger partial charge is 0.410 e. The number of aromatic nitrogens is 2. The van der Waals surface area contributed by atoms with Crippen LogP contribution in [0.1, 0.15) is 32.8 Å². The zero-order chi connectivity index (χ0) is 24.7. The van der Waals surface area contributed by atoms with E-state index in [2.05, 4.69) is 20.3 Å². The van der Waals surface area contributed by atoms with Gasteiger partial charge >= 0.3 is 6.09 Å². The van der Waals surface area contributed by atoms with Crippen molar-refractivity contribution in [3.05, 3.63) is 47.4 Å². The zero-order valence-corrected chi connectivity index (χ0v) is 19.7. The number of amidine groups is 1. The maximum atomic E-state index is 14.1. The molecule has 1 N–H and O–H groups in total. The number of nitrogens with one attached hydrogen (secondary N) is 1. The van der Waals surface area contributed by atoms with Gasteiger partial charge in [-0.05, 0) is 45.4 Å². The Hall–Kier alpha value is -3.76. The van der Waals surface area contributed by atoms with Crippen molar-refractivity contribution >= 4 is 29.8 Å². The molecule has 0 radical (unpaired) electrons. The van der Waals surface area contributed by atoms with Gasteiger partial charge in [0, 0.05) is 43.5 Å². The number of carbonyl (C=O) groups is 1. The van der Waals surface area contributed by atoms with Crippen LogP contribution in [0.2, 0.25) is 0 Å². The number of halogens is 2. The van der Waals surface area contributed by atoms with E-state index in [1.54, 1.807) is 17.2 Å². The molecule has 3 aliphatic heterocycles. The molecule has 35 heavy (non-hydrogen) atoms. The van der Waals surface area contributed by atoms with Crippen LogP contribution in [0.3, 0.4) is 0 Å². The van der Waals surface area contributed by atoms with E-state index in [0.29, 0.717) is 55.1 Å². The highest BCUT2D eigenvalue weighted by Crippen LogP contribution is 2.33. The Labute approximate surface area is 201 Å². The number of aliphatic imine (C=N–C) groups is 1. The van der Waals surface area contributed by atoms with E-state index in [0.717, 1.165) is 18.6 Å². The van der Waals surface area contributed by atoms with Gasteiger partial charge in [0.1, 0.15) is 17.2 Å². The van der Waals surface area contributed by atoms with Crippen LogP contribution >= 0.6 is 0 Å². The van der Waals surface area contributed by atoms with Crippen molar-refractivity contribution < 1.29 is 23.0 Å². The van der Waals surface area contributed by atoms with Gasteiger partial charge in [-0.15, -0.1) is 0 Å². The number of fused-ring (bicyclic) bond motifs is 3. The first kappa shape index (κ1) is 23.0. The Balaban J connectivity index is 1.32. The van der Waals surface area contributed by atoms with Gasteiger partial charge in [0.2, 0.25) is 5.95 Å². The fourth-order valence-electron chi connectivity index (χ4n) is 4.14. The first-order valence-electron chi connectivity index (χ1n) is 11.4. The van der Waals surface area contributed by atoms with Crippen LogP contribution in [0, 0.1) is 11.6 Å². The third kappa shape index (κ3) is 4.89. The Morgan fingerprint density at radius 2 is 2.06 bits per heavy atom. The second-order valence-corrected chi connectivity index (χ2v) is 9.57. The SMILES string of the molecule is CC(C)(C)OC(=O)N1CCC(Nc2ncc3c(n2)N2CCN=C2C(Oc2ccc(F)cc2F)=C3)C1. The number of likely N-dealkylation sites (tertiary alicyclic amines) is 1. The molecule has 0 bridgehead atoms. The largest absolute Gasteiger partial charge is 0.450 e. The molecule has 0 saturated carbocycles. The molecule has 184 valence electrons. The first-order valence-corrected chi connectivity index (χ1v) is 11.4. The molecule has 1 fully saturated rings. The molecule has 5 rings (SSSR count). The van der Waals surface area contributed by atoms with Crippen LogP contribution in [0.4, 0.5) is 25.3 Å². The number of benzene rings is 1. The fraction of sp³-hybridized carbons (Fsp3) is 0.417. The average molecular weight is 485 g/mol. The number of hydrogen-bond acceptors (Lipinski definition) is 8. The maximum absolute atomic E-state index is 14.1. The van der Waals surface area contributed by atoms with Gasteiger partial charge in [0.25, 0.3) is 0 Å². The van der Waals surface area contributed by atoms with E-state index < -0.39 is 17.2 Å². The Morgan fingerprint density at radius 1 is 1.23 bits per heavy atom. The lowest BCUT2D eigenvalue weighted by Gasteiger charge is -2.27. The molecular formula is C24H26F2N6O3. The molecule has 2 aromatic rings. The van der Waals surface area contributed by atoms with Crippen molar-refractivity contribution in [3.8, 4) is 5.75 Å². The number of anilines is 2. The van der Waals surface area contributed by atoms with Crippen LogP contribution < -0.4 is 15.0 Å². The highest BCUT2D eigenvalue weighted by Gasteiger charge is 2.33. The van der Waals surface area contributed by atoms with Crippen LogP contribution in [-0.2, 0) is 4.74 Å². The molecule has 1 aromatic heterocycles. The fourth-order valence-corrected chi connectivity index (χ4v) is 4.14. The predicted molar refractivity (Wildman–Crippen MR) is 126 cm³/mol. The number of ether oxygens (including phenoxy) is 2. The van der Waals surface area contributed by atoms with E-state index in [4.69, 9.17) is 9.47 Å². The molecule has 1 atom stereocenters. The lowest BCUT2D eigenvalue weighted by Crippen LogP contribution is -2.37. The zero-order valence-electron chi connectivity index (χ0n) is 19.7. The minimum Gasteiger partial charge on any atom is -0.450 e. The third-order valence-corrected chi connectivity index (χ3v) is 5.69. The number of amides is 1. The summed E-state index contributed by atoms with van der Waals surface area (Å²) in [6, 6.07) is 3.14. The second-order valence-electron chi connectivity index (χ2n) is 9.57. The summed E-state index contributed by atoms with van der Waals surface area (Å²) in [5.41, 5.74) is 0.147. The lowest BCUT2D eigenvalue weighted by molar-refractivity contribution is 0.0293. The molecule has 0 aliphatic carbocycles. The summed E-state index contributed by atoms with van der Waals surface area (Å²) in [4.78, 5) is 29.5. The van der Waals surface area contributed by atoms with Crippen molar-refractivity contribution in [1.82, 2.24) is 14.9 Å². The molecule has 1 unspecified atom stereocenters. The number of carbonyl (C=O) groups excluding carboxylic acids is 1. The topological polar surface area (TPSA) is 92.2 Å². The summed E-state index contributed by atoms with van der Waals surface area (Å²) < 4.78 is 38.6. The molecule has 4 heterocycles. The normalized spacial score (nSPS) is 19.1.